The SMILES string of the molecule is O=[n+]1o[nH]c2c1CCCCCC2. The molecule has 0 aliphatic heterocycles. The summed E-state index contributed by atoms with van der Waals surface area (Å²) >= 11 is 0. The zero-order valence-corrected chi connectivity index (χ0v) is 7.01. The van der Waals surface area contributed by atoms with Crippen molar-refractivity contribution in [2.45, 2.75) is 38.5 Å². The largest absolute Gasteiger partial charge is 0.244 e. The second kappa shape index (κ2) is 3.13. The molecule has 0 saturated carbocycles. The number of H-pyrrole nitrogens is 1. The first kappa shape index (κ1) is 7.58. The third-order valence-corrected chi connectivity index (χ3v) is 2.41. The van der Waals surface area contributed by atoms with Crippen LogP contribution in [0.2, 0.25) is 0 Å². The number of aryl methyl sites for hydroxylation is 1. The van der Waals surface area contributed by atoms with Crippen molar-refractivity contribution >= 4 is 0 Å². The lowest BCUT2D eigenvalue weighted by molar-refractivity contribution is -0.719. The lowest BCUT2D eigenvalue weighted by Gasteiger charge is -2.01. The highest BCUT2D eigenvalue weighted by Gasteiger charge is 2.20. The maximum atomic E-state index is 11.0. The minimum atomic E-state index is 0.612. The van der Waals surface area contributed by atoms with Crippen LogP contribution >= 0.6 is 0 Å². The molecule has 4 heteroatoms. The van der Waals surface area contributed by atoms with E-state index in [4.69, 9.17) is 0 Å². The van der Waals surface area contributed by atoms with Crippen molar-refractivity contribution in [1.82, 2.24) is 5.16 Å². The van der Waals surface area contributed by atoms with E-state index < -0.39 is 0 Å². The van der Waals surface area contributed by atoms with Crippen molar-refractivity contribution in [2.24, 2.45) is 0 Å². The quantitative estimate of drug-likeness (QED) is 0.634. The van der Waals surface area contributed by atoms with E-state index in [2.05, 4.69) is 9.79 Å². The fourth-order valence-electron chi connectivity index (χ4n) is 1.71. The average molecular weight is 169 g/mol. The summed E-state index contributed by atoms with van der Waals surface area (Å²) in [5.74, 6) is 0. The number of hydrogen-bond acceptors (Lipinski definition) is 2. The lowest BCUT2D eigenvalue weighted by Crippen LogP contribution is -2.17. The molecule has 1 aliphatic rings. The molecule has 0 radical (unpaired) electrons. The topological polar surface area (TPSA) is 51.9 Å². The molecule has 0 saturated heterocycles. The summed E-state index contributed by atoms with van der Waals surface area (Å²) in [4.78, 5) is 11.0. The predicted octanol–water partition coefficient (Wildman–Crippen LogP) is 1.18. The molecule has 66 valence electrons. The molecule has 0 aromatic carbocycles. The highest BCUT2D eigenvalue weighted by Crippen LogP contribution is 2.14. The van der Waals surface area contributed by atoms with Gasteiger partial charge >= 0.3 is 0 Å². The van der Waals surface area contributed by atoms with Crippen LogP contribution < -0.4 is 4.60 Å². The van der Waals surface area contributed by atoms with E-state index >= 15 is 0 Å². The van der Waals surface area contributed by atoms with Gasteiger partial charge in [-0.25, -0.2) is 0 Å². The van der Waals surface area contributed by atoms with Gasteiger partial charge in [0.15, 0.2) is 10.3 Å². The maximum Gasteiger partial charge on any atom is 0.244 e. The van der Waals surface area contributed by atoms with Crippen LogP contribution in [0.5, 0.6) is 0 Å². The summed E-state index contributed by atoms with van der Waals surface area (Å²) in [5, 5.41) is 2.67. The number of hydrogen-bond donors (Lipinski definition) is 1. The minimum absolute atomic E-state index is 0.612. The normalized spacial score (nSPS) is 18.0. The molecule has 0 amide bonds. The van der Waals surface area contributed by atoms with Crippen molar-refractivity contribution in [2.75, 3.05) is 0 Å². The van der Waals surface area contributed by atoms with Gasteiger partial charge in [-0.15, -0.1) is 0 Å². The maximum absolute atomic E-state index is 11.0. The molecule has 1 aliphatic carbocycles. The van der Waals surface area contributed by atoms with Crippen LogP contribution in [0.25, 0.3) is 0 Å². The van der Waals surface area contributed by atoms with Crippen molar-refractivity contribution in [3.63, 3.8) is 0 Å². The Morgan fingerprint density at radius 3 is 2.75 bits per heavy atom. The van der Waals surface area contributed by atoms with Crippen LogP contribution in [0, 0.1) is 4.91 Å². The van der Waals surface area contributed by atoms with E-state index in [9.17, 15) is 4.91 Å². The predicted molar refractivity (Wildman–Crippen MR) is 42.3 cm³/mol. The number of rotatable bonds is 0. The fourth-order valence-corrected chi connectivity index (χ4v) is 1.71. The van der Waals surface area contributed by atoms with E-state index in [1.54, 1.807) is 0 Å². The number of nitrogens with zero attached hydrogens (tertiary/aromatic N) is 1. The molecule has 1 aromatic heterocycles. The number of nitrogens with one attached hydrogen (secondary N) is 1. The standard InChI is InChI=1S/C8H13N2O2/c11-10-8-6-4-2-1-3-5-7(8)9-12-10/h9H,1-6H2/q+1. The number of fused-ring (bicyclic) bond motifs is 1. The minimum Gasteiger partial charge on any atom is -0.0882 e. The van der Waals surface area contributed by atoms with Crippen LogP contribution in [-0.4, -0.2) is 5.16 Å². The van der Waals surface area contributed by atoms with Crippen molar-refractivity contribution in [3.05, 3.63) is 16.3 Å². The first-order valence-corrected chi connectivity index (χ1v) is 4.50. The highest BCUT2D eigenvalue weighted by atomic mass is 16.7. The molecule has 12 heavy (non-hydrogen) atoms. The van der Waals surface area contributed by atoms with E-state index in [0.717, 1.165) is 37.1 Å². The first-order valence-electron chi connectivity index (χ1n) is 4.50. The molecular weight excluding hydrogens is 156 g/mol. The third-order valence-electron chi connectivity index (χ3n) is 2.41. The van der Waals surface area contributed by atoms with Crippen LogP contribution in [0.1, 0.15) is 37.1 Å². The Morgan fingerprint density at radius 1 is 1.17 bits per heavy atom. The van der Waals surface area contributed by atoms with Crippen LogP contribution in [0.4, 0.5) is 0 Å². The van der Waals surface area contributed by atoms with Gasteiger partial charge in [0.05, 0.1) is 0 Å². The van der Waals surface area contributed by atoms with Gasteiger partial charge in [-0.05, 0) is 17.7 Å². The zero-order valence-electron chi connectivity index (χ0n) is 7.01. The summed E-state index contributed by atoms with van der Waals surface area (Å²) in [6.07, 6.45) is 6.55. The van der Waals surface area contributed by atoms with Crippen molar-refractivity contribution in [3.8, 4) is 0 Å². The van der Waals surface area contributed by atoms with Gasteiger partial charge in [0, 0.05) is 12.8 Å². The lowest BCUT2D eigenvalue weighted by atomic mass is 10.0. The Balaban J connectivity index is 2.32. The molecule has 1 aromatic rings. The molecular formula is C8H13N2O2+. The monoisotopic (exact) mass is 169 g/mol. The number of aromatic amines is 1. The molecule has 0 atom stereocenters. The van der Waals surface area contributed by atoms with Crippen LogP contribution in [0.3, 0.4) is 0 Å². The van der Waals surface area contributed by atoms with Gasteiger partial charge in [0.2, 0.25) is 5.69 Å². The van der Waals surface area contributed by atoms with Crippen LogP contribution in [-0.2, 0) is 12.8 Å². The van der Waals surface area contributed by atoms with E-state index in [-0.39, 0.29) is 0 Å². The van der Waals surface area contributed by atoms with Crippen molar-refractivity contribution < 1.29 is 9.23 Å². The van der Waals surface area contributed by atoms with Gasteiger partial charge in [0.25, 0.3) is 0 Å². The smallest absolute Gasteiger partial charge is 0.0882 e. The molecule has 0 unspecified atom stereocenters. The second-order valence-corrected chi connectivity index (χ2v) is 3.29. The van der Waals surface area contributed by atoms with E-state index in [1.165, 1.54) is 12.8 Å². The summed E-state index contributed by atoms with van der Waals surface area (Å²) in [7, 11) is 0. The molecule has 2 rings (SSSR count). The molecule has 0 spiro atoms. The third kappa shape index (κ3) is 1.29. The average Bonchev–Trinajstić information content (AvgIpc) is 2.31. The Hall–Kier alpha value is -1.06. The first-order chi connectivity index (χ1) is 5.88. The Morgan fingerprint density at radius 2 is 1.92 bits per heavy atom. The summed E-state index contributed by atoms with van der Waals surface area (Å²) in [6.45, 7) is 0. The second-order valence-electron chi connectivity index (χ2n) is 3.29. The Labute approximate surface area is 70.1 Å². The summed E-state index contributed by atoms with van der Waals surface area (Å²) < 4.78 is 5.28. The summed E-state index contributed by atoms with van der Waals surface area (Å²) in [6, 6.07) is 0. The molecule has 4 nitrogen and oxygen atoms in total. The summed E-state index contributed by atoms with van der Waals surface area (Å²) in [5.41, 5.74) is 1.79. The van der Waals surface area contributed by atoms with Gasteiger partial charge in [-0.1, -0.05) is 22.6 Å². The fraction of sp³-hybridized carbons (Fsp3) is 0.750. The molecule has 1 N–H and O–H groups in total. The van der Waals surface area contributed by atoms with Crippen LogP contribution in [0.15, 0.2) is 4.63 Å². The molecule has 0 fully saturated rings. The van der Waals surface area contributed by atoms with E-state index in [1.807, 2.05) is 0 Å². The Bertz CT molecular complexity index is 313. The highest BCUT2D eigenvalue weighted by molar-refractivity contribution is 5.04. The number of aromatic nitrogens is 2. The van der Waals surface area contributed by atoms with E-state index in [0.29, 0.717) is 4.60 Å². The van der Waals surface area contributed by atoms with Gasteiger partial charge < -0.3 is 0 Å². The zero-order chi connectivity index (χ0) is 8.39. The van der Waals surface area contributed by atoms with Gasteiger partial charge in [0.1, 0.15) is 0 Å². The molecule has 1 heterocycles. The Kier molecular flexibility index (Phi) is 1.98. The molecule has 0 bridgehead atoms. The van der Waals surface area contributed by atoms with Gasteiger partial charge in [-0.3, -0.25) is 0 Å². The van der Waals surface area contributed by atoms with Gasteiger partial charge in [-0.2, -0.15) is 0 Å². The van der Waals surface area contributed by atoms with Crippen molar-refractivity contribution in [1.29, 1.82) is 0 Å².